The van der Waals surface area contributed by atoms with Crippen LogP contribution in [0.3, 0.4) is 0 Å². The summed E-state index contributed by atoms with van der Waals surface area (Å²) in [6.45, 7) is 0.286. The predicted molar refractivity (Wildman–Crippen MR) is 61.8 cm³/mol. The van der Waals surface area contributed by atoms with Crippen molar-refractivity contribution in [3.05, 3.63) is 12.5 Å². The van der Waals surface area contributed by atoms with Crippen molar-refractivity contribution in [1.82, 2.24) is 14.7 Å². The van der Waals surface area contributed by atoms with Crippen LogP contribution >= 0.6 is 12.4 Å². The molecule has 1 saturated carbocycles. The van der Waals surface area contributed by atoms with Gasteiger partial charge in [0.25, 0.3) is 10.0 Å². The third-order valence-electron chi connectivity index (χ3n) is 2.73. The highest BCUT2D eigenvalue weighted by Crippen LogP contribution is 2.28. The van der Waals surface area contributed by atoms with E-state index < -0.39 is 10.0 Å². The molecule has 16 heavy (non-hydrogen) atoms. The van der Waals surface area contributed by atoms with Gasteiger partial charge in [-0.05, 0) is 19.3 Å². The average Bonchev–Trinajstić information content (AvgIpc) is 2.65. The Labute approximate surface area is 100 Å². The molecule has 0 unspecified atom stereocenters. The van der Waals surface area contributed by atoms with Gasteiger partial charge in [0.05, 0.1) is 12.5 Å². The molecule has 1 aromatic heterocycles. The van der Waals surface area contributed by atoms with E-state index in [4.69, 9.17) is 5.73 Å². The monoisotopic (exact) mass is 266 g/mol. The number of nitrogens with one attached hydrogen (secondary N) is 2. The normalized spacial score (nSPS) is 18.6. The van der Waals surface area contributed by atoms with Crippen molar-refractivity contribution < 1.29 is 8.42 Å². The van der Waals surface area contributed by atoms with Gasteiger partial charge in [0.2, 0.25) is 0 Å². The van der Waals surface area contributed by atoms with Crippen molar-refractivity contribution in [3.63, 3.8) is 0 Å². The Morgan fingerprint density at radius 1 is 1.56 bits per heavy atom. The van der Waals surface area contributed by atoms with Gasteiger partial charge in [-0.3, -0.25) is 0 Å². The number of aromatic amines is 1. The van der Waals surface area contributed by atoms with Crippen LogP contribution in [0, 0.1) is 0 Å². The Hall–Kier alpha value is -0.630. The number of hydrogen-bond donors (Lipinski definition) is 3. The van der Waals surface area contributed by atoms with Crippen molar-refractivity contribution in [3.8, 4) is 0 Å². The highest BCUT2D eigenvalue weighted by molar-refractivity contribution is 7.89. The van der Waals surface area contributed by atoms with E-state index in [1.165, 1.54) is 12.5 Å². The third kappa shape index (κ3) is 2.73. The number of H-pyrrole nitrogens is 1. The highest BCUT2D eigenvalue weighted by Gasteiger charge is 2.33. The molecule has 0 bridgehead atoms. The lowest BCUT2D eigenvalue weighted by molar-refractivity contribution is 0.251. The molecule has 1 aromatic rings. The Morgan fingerprint density at radius 3 is 2.69 bits per heavy atom. The van der Waals surface area contributed by atoms with E-state index in [0.29, 0.717) is 0 Å². The van der Waals surface area contributed by atoms with E-state index in [2.05, 4.69) is 14.7 Å². The first-order valence-electron chi connectivity index (χ1n) is 4.79. The van der Waals surface area contributed by atoms with Crippen LogP contribution in [0.25, 0.3) is 0 Å². The van der Waals surface area contributed by atoms with E-state index in [9.17, 15) is 8.42 Å². The zero-order valence-corrected chi connectivity index (χ0v) is 10.3. The van der Waals surface area contributed by atoms with E-state index in [1.807, 2.05) is 0 Å². The molecule has 0 aliphatic heterocycles. The fourth-order valence-electron chi connectivity index (χ4n) is 1.51. The molecule has 6 nitrogen and oxygen atoms in total. The van der Waals surface area contributed by atoms with Gasteiger partial charge in [-0.2, -0.15) is 0 Å². The molecule has 1 heterocycles. The van der Waals surface area contributed by atoms with Crippen molar-refractivity contribution in [1.29, 1.82) is 0 Å². The van der Waals surface area contributed by atoms with Crippen LogP contribution in [0.15, 0.2) is 17.6 Å². The first kappa shape index (κ1) is 13.4. The van der Waals surface area contributed by atoms with Gasteiger partial charge in [-0.15, -0.1) is 12.4 Å². The molecule has 92 valence electrons. The van der Waals surface area contributed by atoms with Gasteiger partial charge >= 0.3 is 0 Å². The summed E-state index contributed by atoms with van der Waals surface area (Å²) in [5.41, 5.74) is 5.56. The Bertz CT molecular complexity index is 427. The molecule has 0 amide bonds. The molecule has 2 rings (SSSR count). The van der Waals surface area contributed by atoms with Gasteiger partial charge in [-0.1, -0.05) is 0 Å². The maximum absolute atomic E-state index is 11.6. The fraction of sp³-hybridized carbons (Fsp3) is 0.625. The second kappa shape index (κ2) is 4.70. The summed E-state index contributed by atoms with van der Waals surface area (Å²) in [7, 11) is -3.47. The molecule has 1 aliphatic rings. The van der Waals surface area contributed by atoms with Gasteiger partial charge in [0.15, 0.2) is 5.03 Å². The minimum Gasteiger partial charge on any atom is -0.335 e. The summed E-state index contributed by atoms with van der Waals surface area (Å²) < 4.78 is 25.8. The lowest BCUT2D eigenvalue weighted by Crippen LogP contribution is -2.54. The van der Waals surface area contributed by atoms with Crippen LogP contribution in [-0.4, -0.2) is 30.5 Å². The third-order valence-corrected chi connectivity index (χ3v) is 4.05. The summed E-state index contributed by atoms with van der Waals surface area (Å²) in [5, 5.41) is 0.0745. The van der Waals surface area contributed by atoms with Gasteiger partial charge < -0.3 is 10.7 Å². The van der Waals surface area contributed by atoms with Crippen LogP contribution < -0.4 is 10.5 Å². The van der Waals surface area contributed by atoms with Crippen LogP contribution in [0.5, 0.6) is 0 Å². The maximum atomic E-state index is 11.6. The summed E-state index contributed by atoms with van der Waals surface area (Å²) in [5.74, 6) is 0. The number of halogens is 1. The minimum absolute atomic E-state index is 0. The molecule has 1 aliphatic carbocycles. The van der Waals surface area contributed by atoms with Crippen LogP contribution in [-0.2, 0) is 10.0 Å². The zero-order chi connectivity index (χ0) is 10.9. The van der Waals surface area contributed by atoms with Gasteiger partial charge in [0.1, 0.15) is 0 Å². The summed E-state index contributed by atoms with van der Waals surface area (Å²) >= 11 is 0. The van der Waals surface area contributed by atoms with Gasteiger partial charge in [-0.25, -0.2) is 18.1 Å². The Kier molecular flexibility index (Phi) is 3.95. The minimum atomic E-state index is -3.47. The average molecular weight is 267 g/mol. The highest BCUT2D eigenvalue weighted by atomic mass is 35.5. The SMILES string of the molecule is Cl.NC1(CNS(=O)(=O)c2cnc[nH]2)CCC1. The molecular weight excluding hydrogens is 252 g/mol. The molecule has 4 N–H and O–H groups in total. The molecule has 0 spiro atoms. The van der Waals surface area contributed by atoms with Crippen molar-refractivity contribution in [2.24, 2.45) is 5.73 Å². The van der Waals surface area contributed by atoms with E-state index in [0.717, 1.165) is 19.3 Å². The fourth-order valence-corrected chi connectivity index (χ4v) is 2.55. The lowest BCUT2D eigenvalue weighted by Gasteiger charge is -2.37. The number of hydrogen-bond acceptors (Lipinski definition) is 4. The summed E-state index contributed by atoms with van der Waals surface area (Å²) in [4.78, 5) is 6.21. The van der Waals surface area contributed by atoms with E-state index in [-0.39, 0.29) is 29.5 Å². The van der Waals surface area contributed by atoms with Gasteiger partial charge in [0, 0.05) is 12.1 Å². The molecule has 0 radical (unpaired) electrons. The summed E-state index contributed by atoms with van der Waals surface area (Å²) in [6.07, 6.45) is 5.42. The largest absolute Gasteiger partial charge is 0.335 e. The van der Waals surface area contributed by atoms with Crippen molar-refractivity contribution in [2.45, 2.75) is 29.8 Å². The molecule has 8 heteroatoms. The molecule has 1 fully saturated rings. The Balaban J connectivity index is 0.00000128. The number of nitrogens with zero attached hydrogens (tertiary/aromatic N) is 1. The second-order valence-electron chi connectivity index (χ2n) is 3.96. The standard InChI is InChI=1S/C8H14N4O2S.ClH/c9-8(2-1-3-8)5-12-15(13,14)7-4-10-6-11-7;/h4,6,12H,1-3,5,9H2,(H,10,11);1H. The number of rotatable bonds is 4. The molecule has 0 saturated heterocycles. The number of imidazole rings is 1. The van der Waals surface area contributed by atoms with Crippen molar-refractivity contribution in [2.75, 3.05) is 6.54 Å². The molecule has 0 atom stereocenters. The van der Waals surface area contributed by atoms with Crippen LogP contribution in [0.4, 0.5) is 0 Å². The maximum Gasteiger partial charge on any atom is 0.257 e. The number of aromatic nitrogens is 2. The Morgan fingerprint density at radius 2 is 2.25 bits per heavy atom. The van der Waals surface area contributed by atoms with Crippen LogP contribution in [0.1, 0.15) is 19.3 Å². The predicted octanol–water partition coefficient (Wildman–Crippen LogP) is -0.00880. The first-order chi connectivity index (χ1) is 7.02. The number of sulfonamides is 1. The van der Waals surface area contributed by atoms with Crippen molar-refractivity contribution >= 4 is 22.4 Å². The topological polar surface area (TPSA) is 101 Å². The quantitative estimate of drug-likeness (QED) is 0.713. The zero-order valence-electron chi connectivity index (χ0n) is 8.64. The first-order valence-corrected chi connectivity index (χ1v) is 6.27. The summed E-state index contributed by atoms with van der Waals surface area (Å²) in [6, 6.07) is 0. The van der Waals surface area contributed by atoms with Crippen LogP contribution in [0.2, 0.25) is 0 Å². The second-order valence-corrected chi connectivity index (χ2v) is 5.69. The molecule has 0 aromatic carbocycles. The number of nitrogens with two attached hydrogens (primary N) is 1. The lowest BCUT2D eigenvalue weighted by atomic mass is 9.78. The molecular formula is C8H15ClN4O2S. The smallest absolute Gasteiger partial charge is 0.257 e. The van der Waals surface area contributed by atoms with E-state index >= 15 is 0 Å². The van der Waals surface area contributed by atoms with E-state index in [1.54, 1.807) is 0 Å².